The van der Waals surface area contributed by atoms with Crippen LogP contribution in [0.3, 0.4) is 0 Å². The molecule has 2 saturated heterocycles. The molecule has 332 valence electrons. The predicted octanol–water partition coefficient (Wildman–Crippen LogP) is 8.46. The molecule has 5 aliphatic rings. The Labute approximate surface area is 380 Å². The summed E-state index contributed by atoms with van der Waals surface area (Å²) in [6.45, 7) is 5.80. The third kappa shape index (κ3) is 7.31. The Balaban J connectivity index is 0.000000159. The zero-order chi connectivity index (χ0) is 44.7. The Morgan fingerprint density at radius 2 is 1.51 bits per heavy atom. The molecule has 2 fully saturated rings. The third-order valence-corrected chi connectivity index (χ3v) is 15.2. The number of nitrogens with zero attached hydrogens (tertiary/aromatic N) is 5. The summed E-state index contributed by atoms with van der Waals surface area (Å²) < 4.78 is 15.9. The van der Waals surface area contributed by atoms with Gasteiger partial charge in [0.2, 0.25) is 5.91 Å². The topological polar surface area (TPSA) is 113 Å². The molecule has 0 radical (unpaired) electrons. The Morgan fingerprint density at radius 1 is 0.862 bits per heavy atom. The molecule has 10 heteroatoms. The fourth-order valence-electron chi connectivity index (χ4n) is 11.8. The van der Waals surface area contributed by atoms with Crippen LogP contribution in [0.5, 0.6) is 11.5 Å². The van der Waals surface area contributed by atoms with E-state index in [1.54, 1.807) is 6.92 Å². The average molecular weight is 868 g/mol. The second-order valence-electron chi connectivity index (χ2n) is 18.5. The lowest BCUT2D eigenvalue weighted by atomic mass is 9.53. The number of benzene rings is 5. The largest absolute Gasteiger partial charge is 0.485 e. The second-order valence-corrected chi connectivity index (χ2v) is 18.5. The number of hydrogen-bond donors (Lipinski definition) is 1. The summed E-state index contributed by atoms with van der Waals surface area (Å²) in [5.74, 6) is 1.88. The maximum atomic E-state index is 13.3. The summed E-state index contributed by atoms with van der Waals surface area (Å²) >= 11 is 0. The van der Waals surface area contributed by atoms with Crippen LogP contribution in [-0.4, -0.2) is 81.4 Å². The van der Waals surface area contributed by atoms with Crippen molar-refractivity contribution in [3.05, 3.63) is 178 Å². The van der Waals surface area contributed by atoms with Crippen LogP contribution in [0.4, 0.5) is 0 Å². The molecule has 10 nitrogen and oxygen atoms in total. The Morgan fingerprint density at radius 3 is 2.17 bits per heavy atom. The number of fused-ring (bicyclic) bond motifs is 1. The molecule has 0 amide bonds. The Hall–Kier alpha value is -6.25. The molecule has 4 heterocycles. The number of aromatic nitrogens is 2. The number of hydrogen-bond acceptors (Lipinski definition) is 8. The highest BCUT2D eigenvalue weighted by Crippen LogP contribution is 2.62. The van der Waals surface area contributed by atoms with Gasteiger partial charge in [-0.05, 0) is 86.1 Å². The summed E-state index contributed by atoms with van der Waals surface area (Å²) in [4.78, 5) is 30.8. The van der Waals surface area contributed by atoms with Crippen molar-refractivity contribution in [1.82, 2.24) is 18.9 Å². The molecule has 3 aliphatic heterocycles. The minimum absolute atomic E-state index is 0.0449. The fourth-order valence-corrected chi connectivity index (χ4v) is 11.8. The number of aliphatic hydroxyl groups is 1. The van der Waals surface area contributed by atoms with Crippen LogP contribution in [-0.2, 0) is 23.9 Å². The molecule has 1 N–H and O–H groups in total. The molecule has 2 aliphatic carbocycles. The number of imidazole rings is 1. The van der Waals surface area contributed by atoms with Crippen LogP contribution in [0.1, 0.15) is 77.7 Å². The van der Waals surface area contributed by atoms with Gasteiger partial charge in [-0.3, -0.25) is 9.36 Å². The molecule has 0 saturated carbocycles. The number of para-hydroxylation sites is 2. The van der Waals surface area contributed by atoms with Crippen LogP contribution in [0.25, 0.3) is 11.0 Å². The normalized spacial score (nSPS) is 23.5. The van der Waals surface area contributed by atoms with Crippen molar-refractivity contribution in [3.63, 3.8) is 0 Å². The molecule has 0 unspecified atom stereocenters. The summed E-state index contributed by atoms with van der Waals surface area (Å²) in [6, 6.07) is 45.4. The summed E-state index contributed by atoms with van der Waals surface area (Å²) in [7, 11) is 2.23. The third-order valence-electron chi connectivity index (χ3n) is 15.2. The molecule has 5 atom stereocenters. The number of carbonyl (C=O) groups excluding carboxylic acids is 1. The molecule has 1 aromatic heterocycles. The van der Waals surface area contributed by atoms with Gasteiger partial charge in [0.1, 0.15) is 24.2 Å². The summed E-state index contributed by atoms with van der Waals surface area (Å²) in [6.07, 6.45) is 8.08. The van der Waals surface area contributed by atoms with Gasteiger partial charge in [-0.25, -0.2) is 9.36 Å². The molecular formula is C55H57N5O5. The molecule has 1 spiro atoms. The van der Waals surface area contributed by atoms with Crippen molar-refractivity contribution >= 4 is 16.9 Å². The lowest BCUT2D eigenvalue weighted by Gasteiger charge is -2.56. The highest BCUT2D eigenvalue weighted by atomic mass is 16.5. The van der Waals surface area contributed by atoms with Crippen molar-refractivity contribution in [2.24, 2.45) is 5.92 Å². The van der Waals surface area contributed by atoms with Crippen molar-refractivity contribution < 1.29 is 19.4 Å². The Bertz CT molecular complexity index is 2770. The van der Waals surface area contributed by atoms with Crippen LogP contribution in [0.15, 0.2) is 144 Å². The first-order chi connectivity index (χ1) is 31.8. The minimum Gasteiger partial charge on any atom is -0.485 e. The van der Waals surface area contributed by atoms with Gasteiger partial charge in [-0.1, -0.05) is 128 Å². The first-order valence-electron chi connectivity index (χ1n) is 23.3. The number of ether oxygens (including phenoxy) is 2. The van der Waals surface area contributed by atoms with Gasteiger partial charge in [0.15, 0.2) is 11.5 Å². The maximum absolute atomic E-state index is 13.3. The van der Waals surface area contributed by atoms with Gasteiger partial charge in [0, 0.05) is 55.0 Å². The fraction of sp³-hybridized carbons (Fsp3) is 0.364. The van der Waals surface area contributed by atoms with Crippen LogP contribution < -0.4 is 15.2 Å². The SMILES string of the molecule is CCC(=O)n1c(=O)n(C2CCN(CCC(C#N)(c3ccccc3)c3ccccc3)CC2)c2ccccc21.CN1CC[C@]23c4c5ccc(OCc6ccccc6)c4O[C@H]2[C@@H](O)C=C[C@H]3[C@H]1C5. The quantitative estimate of drug-likeness (QED) is 0.137. The molecule has 11 rings (SSSR count). The molecular weight excluding hydrogens is 811 g/mol. The van der Waals surface area contributed by atoms with Gasteiger partial charge in [-0.15, -0.1) is 0 Å². The highest BCUT2D eigenvalue weighted by molar-refractivity contribution is 5.90. The molecule has 2 bridgehead atoms. The van der Waals surface area contributed by atoms with Crippen LogP contribution in [0.2, 0.25) is 0 Å². The van der Waals surface area contributed by atoms with Crippen molar-refractivity contribution in [2.45, 2.75) is 87.2 Å². The lowest BCUT2D eigenvalue weighted by Crippen LogP contribution is -2.64. The number of nitriles is 1. The Kier molecular flexibility index (Phi) is 11.6. The summed E-state index contributed by atoms with van der Waals surface area (Å²) in [5, 5.41) is 21.3. The number of aliphatic hydroxyl groups excluding tert-OH is 1. The number of piperidine rings is 2. The van der Waals surface area contributed by atoms with E-state index in [-0.39, 0.29) is 35.6 Å². The monoisotopic (exact) mass is 867 g/mol. The number of likely N-dealkylation sites (tertiary alicyclic amines) is 2. The lowest BCUT2D eigenvalue weighted by molar-refractivity contribution is -0.0454. The zero-order valence-electron chi connectivity index (χ0n) is 37.3. The number of likely N-dealkylation sites (N-methyl/N-ethyl adjacent to an activating group) is 1. The highest BCUT2D eigenvalue weighted by Gasteiger charge is 2.64. The zero-order valence-corrected chi connectivity index (χ0v) is 37.3. The maximum Gasteiger partial charge on any atom is 0.336 e. The van der Waals surface area contributed by atoms with Crippen LogP contribution in [0, 0.1) is 17.2 Å². The van der Waals surface area contributed by atoms with Crippen LogP contribution >= 0.6 is 0 Å². The summed E-state index contributed by atoms with van der Waals surface area (Å²) in [5.41, 5.74) is 6.27. The molecule has 5 aromatic carbocycles. The smallest absolute Gasteiger partial charge is 0.336 e. The first-order valence-corrected chi connectivity index (χ1v) is 23.3. The van der Waals surface area contributed by atoms with Crippen molar-refractivity contribution in [2.75, 3.05) is 33.2 Å². The van der Waals surface area contributed by atoms with E-state index in [0.29, 0.717) is 30.5 Å². The van der Waals surface area contributed by atoms with E-state index < -0.39 is 11.5 Å². The average Bonchev–Trinajstić information content (AvgIpc) is 3.87. The van der Waals surface area contributed by atoms with Gasteiger partial charge in [0.05, 0.1) is 17.1 Å². The standard InChI is InChI=1S/C31H32N4O2.C24H25NO3/c1-2-29(36)35-28-16-10-9-15-27(28)34(30(35)37)26-17-20-33(21-18-26)22-19-31(23-32,24-11-5-3-6-12-24)25-13-7-4-8-14-25;1-25-12-11-24-17-8-9-19(26)23(24)28-22-20(27-14-15-5-3-2-4-6-15)10-7-16(21(22)24)13-18(17)25/h3-16,26H,2,17-22H2,1H3;2-10,17-19,23,26H,11-14H2,1H3/t;17-,18+,19-,23-,24-/m.0/s1. The van der Waals surface area contributed by atoms with Gasteiger partial charge >= 0.3 is 5.69 Å². The van der Waals surface area contributed by atoms with E-state index in [2.05, 4.69) is 53.3 Å². The van der Waals surface area contributed by atoms with E-state index in [0.717, 1.165) is 85.6 Å². The first kappa shape index (κ1) is 42.7. The van der Waals surface area contributed by atoms with Gasteiger partial charge in [-0.2, -0.15) is 5.26 Å². The number of rotatable bonds is 10. The predicted molar refractivity (Wildman–Crippen MR) is 252 cm³/mol. The molecule has 6 aromatic rings. The van der Waals surface area contributed by atoms with E-state index in [4.69, 9.17) is 9.47 Å². The van der Waals surface area contributed by atoms with E-state index in [1.165, 1.54) is 15.7 Å². The van der Waals surface area contributed by atoms with Gasteiger partial charge in [0.25, 0.3) is 0 Å². The van der Waals surface area contributed by atoms with E-state index >= 15 is 0 Å². The van der Waals surface area contributed by atoms with E-state index in [9.17, 15) is 20.0 Å². The van der Waals surface area contributed by atoms with E-state index in [1.807, 2.05) is 114 Å². The number of carbonyl (C=O) groups is 1. The minimum atomic E-state index is -0.718. The molecule has 65 heavy (non-hydrogen) atoms. The second kappa shape index (κ2) is 17.6. The van der Waals surface area contributed by atoms with Crippen molar-refractivity contribution in [1.29, 1.82) is 5.26 Å². The van der Waals surface area contributed by atoms with Crippen molar-refractivity contribution in [3.8, 4) is 17.6 Å². The van der Waals surface area contributed by atoms with Gasteiger partial charge < -0.3 is 24.4 Å².